The lowest BCUT2D eigenvalue weighted by Gasteiger charge is -2.09. The fourth-order valence-corrected chi connectivity index (χ4v) is 1.77. The highest BCUT2D eigenvalue weighted by Gasteiger charge is 2.05. The van der Waals surface area contributed by atoms with Crippen LogP contribution in [0.15, 0.2) is 30.5 Å². The zero-order valence-electron chi connectivity index (χ0n) is 11.0. The molecule has 0 aliphatic heterocycles. The summed E-state index contributed by atoms with van der Waals surface area (Å²) in [4.78, 5) is 19.8. The number of aromatic nitrogens is 2. The molecule has 3 N–H and O–H groups in total. The maximum atomic E-state index is 11.4. The lowest BCUT2D eigenvalue weighted by Crippen LogP contribution is -2.05. The summed E-state index contributed by atoms with van der Waals surface area (Å²) in [5.74, 6) is 0.695. The average Bonchev–Trinajstić information content (AvgIpc) is 2.37. The van der Waals surface area contributed by atoms with Crippen molar-refractivity contribution in [1.29, 1.82) is 0 Å². The minimum Gasteiger partial charge on any atom is -0.398 e. The molecule has 0 radical (unpaired) electrons. The Kier molecular flexibility index (Phi) is 3.75. The first-order valence-electron chi connectivity index (χ1n) is 5.99. The molecule has 2 rings (SSSR count). The van der Waals surface area contributed by atoms with Gasteiger partial charge in [-0.15, -0.1) is 0 Å². The number of benzene rings is 1. The molecule has 0 amide bonds. The van der Waals surface area contributed by atoms with Crippen molar-refractivity contribution in [2.45, 2.75) is 20.4 Å². The molecule has 0 atom stereocenters. The van der Waals surface area contributed by atoms with Crippen LogP contribution >= 0.6 is 0 Å². The number of nitrogen functional groups attached to an aromatic ring is 1. The fourth-order valence-electron chi connectivity index (χ4n) is 1.77. The number of ketones is 1. The largest absolute Gasteiger partial charge is 0.398 e. The zero-order chi connectivity index (χ0) is 13.8. The molecule has 0 bridgehead atoms. The van der Waals surface area contributed by atoms with E-state index in [1.807, 2.05) is 19.1 Å². The summed E-state index contributed by atoms with van der Waals surface area (Å²) in [6.07, 6.45) is 1.73. The second-order valence-corrected chi connectivity index (χ2v) is 4.31. The summed E-state index contributed by atoms with van der Waals surface area (Å²) in [5.41, 5.74) is 8.52. The van der Waals surface area contributed by atoms with Crippen LogP contribution in [0, 0.1) is 6.92 Å². The maximum absolute atomic E-state index is 11.4. The molecule has 98 valence electrons. The molecule has 2 aromatic rings. The van der Waals surface area contributed by atoms with Crippen molar-refractivity contribution in [3.63, 3.8) is 0 Å². The topological polar surface area (TPSA) is 80.9 Å². The molecular weight excluding hydrogens is 240 g/mol. The molecule has 1 heterocycles. The van der Waals surface area contributed by atoms with Gasteiger partial charge in [-0.1, -0.05) is 0 Å². The van der Waals surface area contributed by atoms with Crippen LogP contribution in [0.4, 0.5) is 11.4 Å². The number of aryl methyl sites for hydroxylation is 1. The van der Waals surface area contributed by atoms with Crippen LogP contribution in [0.5, 0.6) is 0 Å². The van der Waals surface area contributed by atoms with Crippen molar-refractivity contribution in [2.75, 3.05) is 11.1 Å². The van der Waals surface area contributed by atoms with E-state index >= 15 is 0 Å². The van der Waals surface area contributed by atoms with E-state index in [2.05, 4.69) is 15.3 Å². The Morgan fingerprint density at radius 1 is 1.37 bits per heavy atom. The third-order valence-electron chi connectivity index (χ3n) is 2.74. The first kappa shape index (κ1) is 13.0. The Balaban J connectivity index is 2.12. The number of carbonyl (C=O) groups excluding carboxylic acids is 1. The highest BCUT2D eigenvalue weighted by Crippen LogP contribution is 2.18. The summed E-state index contributed by atoms with van der Waals surface area (Å²) in [7, 11) is 0. The molecule has 5 nitrogen and oxygen atoms in total. The number of hydrogen-bond donors (Lipinski definition) is 2. The van der Waals surface area contributed by atoms with E-state index in [1.54, 1.807) is 18.3 Å². The summed E-state index contributed by atoms with van der Waals surface area (Å²) in [5, 5.41) is 3.21. The van der Waals surface area contributed by atoms with Crippen molar-refractivity contribution >= 4 is 17.2 Å². The monoisotopic (exact) mass is 256 g/mol. The molecule has 0 unspecified atom stereocenters. The van der Waals surface area contributed by atoms with Crippen LogP contribution in [0.1, 0.15) is 28.8 Å². The van der Waals surface area contributed by atoms with E-state index in [0.717, 1.165) is 17.2 Å². The molecule has 0 aliphatic carbocycles. The summed E-state index contributed by atoms with van der Waals surface area (Å²) >= 11 is 0. The van der Waals surface area contributed by atoms with Gasteiger partial charge in [0.25, 0.3) is 0 Å². The van der Waals surface area contributed by atoms with Crippen molar-refractivity contribution in [3.8, 4) is 0 Å². The number of nitrogens with zero attached hydrogens (tertiary/aromatic N) is 2. The van der Waals surface area contributed by atoms with Gasteiger partial charge in [0.05, 0.1) is 12.2 Å². The van der Waals surface area contributed by atoms with Crippen LogP contribution in [0.25, 0.3) is 0 Å². The van der Waals surface area contributed by atoms with Crippen LogP contribution in [0.3, 0.4) is 0 Å². The van der Waals surface area contributed by atoms with E-state index in [-0.39, 0.29) is 5.78 Å². The predicted molar refractivity (Wildman–Crippen MR) is 75.0 cm³/mol. The van der Waals surface area contributed by atoms with Gasteiger partial charge in [0.2, 0.25) is 0 Å². The van der Waals surface area contributed by atoms with Gasteiger partial charge in [0, 0.05) is 23.1 Å². The van der Waals surface area contributed by atoms with Crippen LogP contribution in [-0.4, -0.2) is 15.8 Å². The normalized spacial score (nSPS) is 10.2. The maximum Gasteiger partial charge on any atom is 0.161 e. The van der Waals surface area contributed by atoms with Gasteiger partial charge < -0.3 is 11.1 Å². The predicted octanol–water partition coefficient (Wildman–Crippen LogP) is 2.18. The third kappa shape index (κ3) is 3.28. The van der Waals surface area contributed by atoms with E-state index < -0.39 is 0 Å². The van der Waals surface area contributed by atoms with Crippen molar-refractivity contribution < 1.29 is 4.79 Å². The highest BCUT2D eigenvalue weighted by atomic mass is 16.1. The van der Waals surface area contributed by atoms with Crippen molar-refractivity contribution in [2.24, 2.45) is 0 Å². The Bertz CT molecular complexity index is 610. The molecule has 1 aromatic carbocycles. The van der Waals surface area contributed by atoms with Crippen LogP contribution in [0.2, 0.25) is 0 Å². The highest BCUT2D eigenvalue weighted by molar-refractivity contribution is 5.99. The lowest BCUT2D eigenvalue weighted by molar-refractivity contribution is 0.101. The average molecular weight is 256 g/mol. The van der Waals surface area contributed by atoms with E-state index in [1.165, 1.54) is 6.92 Å². The molecule has 0 saturated heterocycles. The summed E-state index contributed by atoms with van der Waals surface area (Å²) in [6.45, 7) is 3.93. The fraction of sp³-hybridized carbons (Fsp3) is 0.214. The lowest BCUT2D eigenvalue weighted by atomic mass is 10.1. The van der Waals surface area contributed by atoms with Gasteiger partial charge >= 0.3 is 0 Å². The first-order chi connectivity index (χ1) is 9.06. The Hall–Kier alpha value is -2.43. The number of rotatable bonds is 4. The van der Waals surface area contributed by atoms with E-state index in [9.17, 15) is 4.79 Å². The summed E-state index contributed by atoms with van der Waals surface area (Å²) in [6, 6.07) is 7.18. The molecular formula is C14H16N4O. The van der Waals surface area contributed by atoms with E-state index in [0.29, 0.717) is 17.8 Å². The minimum absolute atomic E-state index is 0.0426. The molecule has 19 heavy (non-hydrogen) atoms. The first-order valence-corrected chi connectivity index (χ1v) is 5.99. The van der Waals surface area contributed by atoms with Gasteiger partial charge in [0.15, 0.2) is 5.78 Å². The van der Waals surface area contributed by atoms with Crippen molar-refractivity contribution in [3.05, 3.63) is 47.5 Å². The standard InChI is InChI=1S/C14H16N4O/c1-9(19)13-7-11(3-4-14(13)15)17-8-12-5-6-16-10(2)18-12/h3-7,17H,8,15H2,1-2H3. The van der Waals surface area contributed by atoms with Gasteiger partial charge in [-0.05, 0) is 38.1 Å². The number of hydrogen-bond acceptors (Lipinski definition) is 5. The molecule has 0 spiro atoms. The van der Waals surface area contributed by atoms with Crippen LogP contribution in [-0.2, 0) is 6.54 Å². The van der Waals surface area contributed by atoms with Gasteiger partial charge in [0.1, 0.15) is 5.82 Å². The molecule has 0 aliphatic rings. The zero-order valence-corrected chi connectivity index (χ0v) is 11.0. The molecule has 5 heteroatoms. The Morgan fingerprint density at radius 2 is 2.16 bits per heavy atom. The third-order valence-corrected chi connectivity index (χ3v) is 2.74. The Labute approximate surface area is 111 Å². The number of carbonyl (C=O) groups is 1. The molecule has 0 saturated carbocycles. The number of nitrogens with two attached hydrogens (primary N) is 1. The quantitative estimate of drug-likeness (QED) is 0.647. The van der Waals surface area contributed by atoms with Crippen molar-refractivity contribution in [1.82, 2.24) is 9.97 Å². The number of anilines is 2. The SMILES string of the molecule is CC(=O)c1cc(NCc2ccnc(C)n2)ccc1N. The van der Waals surface area contributed by atoms with Crippen LogP contribution < -0.4 is 11.1 Å². The Morgan fingerprint density at radius 3 is 2.84 bits per heavy atom. The number of nitrogens with one attached hydrogen (secondary N) is 1. The summed E-state index contributed by atoms with van der Waals surface area (Å²) < 4.78 is 0. The van der Waals surface area contributed by atoms with Gasteiger partial charge in [-0.2, -0.15) is 0 Å². The van der Waals surface area contributed by atoms with Gasteiger partial charge in [-0.25, -0.2) is 9.97 Å². The number of Topliss-reactive ketones (excluding diaryl/α,β-unsaturated/α-hetero) is 1. The second kappa shape index (κ2) is 5.48. The second-order valence-electron chi connectivity index (χ2n) is 4.31. The minimum atomic E-state index is -0.0426. The van der Waals surface area contributed by atoms with Gasteiger partial charge in [-0.3, -0.25) is 4.79 Å². The molecule has 0 fully saturated rings. The molecule has 1 aromatic heterocycles. The van der Waals surface area contributed by atoms with E-state index in [4.69, 9.17) is 5.73 Å². The smallest absolute Gasteiger partial charge is 0.161 e.